The van der Waals surface area contributed by atoms with Crippen LogP contribution < -0.4 is 11.1 Å². The fraction of sp³-hybridized carbons (Fsp3) is 0.143. The van der Waals surface area contributed by atoms with Crippen molar-refractivity contribution >= 4 is 23.3 Å². The van der Waals surface area contributed by atoms with Crippen LogP contribution in [0.3, 0.4) is 0 Å². The molecule has 0 atom stereocenters. The van der Waals surface area contributed by atoms with E-state index in [4.69, 9.17) is 21.8 Å². The summed E-state index contributed by atoms with van der Waals surface area (Å²) in [5, 5.41) is 15.5. The van der Waals surface area contributed by atoms with Gasteiger partial charge in [0.15, 0.2) is 5.82 Å². The molecule has 0 unspecified atom stereocenters. The first-order valence-electron chi connectivity index (χ1n) is 6.69. The first-order chi connectivity index (χ1) is 11.0. The van der Waals surface area contributed by atoms with Gasteiger partial charge in [0.05, 0.1) is 17.1 Å². The van der Waals surface area contributed by atoms with Crippen molar-refractivity contribution in [2.45, 2.75) is 6.54 Å². The van der Waals surface area contributed by atoms with E-state index in [-0.39, 0.29) is 6.54 Å². The lowest BCUT2D eigenvalue weighted by atomic mass is 10.2. The van der Waals surface area contributed by atoms with Crippen molar-refractivity contribution < 1.29 is 9.21 Å². The zero-order chi connectivity index (χ0) is 16.4. The van der Waals surface area contributed by atoms with Crippen LogP contribution in [0.1, 0.15) is 16.2 Å². The third kappa shape index (κ3) is 3.16. The normalized spacial score (nSPS) is 10.7. The minimum atomic E-state index is -0.567. The zero-order valence-electron chi connectivity index (χ0n) is 12.2. The van der Waals surface area contributed by atoms with Crippen LogP contribution in [0.2, 0.25) is 5.02 Å². The molecule has 0 radical (unpaired) electrons. The topological polar surface area (TPSA) is 112 Å². The molecule has 0 fully saturated rings. The second-order valence-electron chi connectivity index (χ2n) is 4.76. The molecule has 3 aromatic rings. The zero-order valence-corrected chi connectivity index (χ0v) is 12.9. The third-order valence-electron chi connectivity index (χ3n) is 3.07. The van der Waals surface area contributed by atoms with E-state index < -0.39 is 5.91 Å². The fourth-order valence-electron chi connectivity index (χ4n) is 2.03. The van der Waals surface area contributed by atoms with Gasteiger partial charge in [0.25, 0.3) is 5.91 Å². The van der Waals surface area contributed by atoms with E-state index in [9.17, 15) is 4.79 Å². The Hall–Kier alpha value is -2.87. The standard InChI is InChI=1S/C14H13ClN6O2/c1-21-7-9(12(16)22)13(20-21)17-6-11-18-19-14(23-11)8-4-2-3-5-10(8)15/h2-5,7H,6H2,1H3,(H2,16,22)(H,17,20). The van der Waals surface area contributed by atoms with E-state index >= 15 is 0 Å². The maximum Gasteiger partial charge on any atom is 0.254 e. The number of hydrogen-bond donors (Lipinski definition) is 2. The molecule has 9 heteroatoms. The summed E-state index contributed by atoms with van der Waals surface area (Å²) in [7, 11) is 1.69. The molecule has 3 N–H and O–H groups in total. The van der Waals surface area contributed by atoms with Gasteiger partial charge in [-0.25, -0.2) is 0 Å². The van der Waals surface area contributed by atoms with Crippen LogP contribution in [0.25, 0.3) is 11.5 Å². The molecule has 118 valence electrons. The maximum absolute atomic E-state index is 11.3. The van der Waals surface area contributed by atoms with Gasteiger partial charge in [-0.1, -0.05) is 23.7 Å². The predicted octanol–water partition coefficient (Wildman–Crippen LogP) is 1.83. The van der Waals surface area contributed by atoms with Crippen LogP contribution in [0.5, 0.6) is 0 Å². The highest BCUT2D eigenvalue weighted by molar-refractivity contribution is 6.33. The Kier molecular flexibility index (Phi) is 3.98. The van der Waals surface area contributed by atoms with Gasteiger partial charge in [-0.05, 0) is 12.1 Å². The Morgan fingerprint density at radius 2 is 2.17 bits per heavy atom. The van der Waals surface area contributed by atoms with Crippen molar-refractivity contribution in [3.63, 3.8) is 0 Å². The van der Waals surface area contributed by atoms with Gasteiger partial charge in [0.1, 0.15) is 5.56 Å². The van der Waals surface area contributed by atoms with Crippen LogP contribution in [0, 0.1) is 0 Å². The van der Waals surface area contributed by atoms with Crippen LogP contribution >= 0.6 is 11.6 Å². The van der Waals surface area contributed by atoms with Gasteiger partial charge in [-0.2, -0.15) is 5.10 Å². The van der Waals surface area contributed by atoms with Crippen LogP contribution in [0.15, 0.2) is 34.9 Å². The van der Waals surface area contributed by atoms with Crippen molar-refractivity contribution in [1.82, 2.24) is 20.0 Å². The molecule has 0 aliphatic carbocycles. The number of primary amides is 1. The summed E-state index contributed by atoms with van der Waals surface area (Å²) in [6, 6.07) is 7.18. The number of aromatic nitrogens is 4. The fourth-order valence-corrected chi connectivity index (χ4v) is 2.24. The lowest BCUT2D eigenvalue weighted by molar-refractivity contribution is 0.100. The van der Waals surface area contributed by atoms with Crippen molar-refractivity contribution in [3.8, 4) is 11.5 Å². The molecule has 0 aliphatic heterocycles. The Morgan fingerprint density at radius 3 is 2.91 bits per heavy atom. The monoisotopic (exact) mass is 332 g/mol. The van der Waals surface area contributed by atoms with Gasteiger partial charge in [0.2, 0.25) is 11.8 Å². The minimum absolute atomic E-state index is 0.203. The van der Waals surface area contributed by atoms with Crippen molar-refractivity contribution in [3.05, 3.63) is 46.9 Å². The van der Waals surface area contributed by atoms with E-state index in [1.807, 2.05) is 12.1 Å². The van der Waals surface area contributed by atoms with Gasteiger partial charge in [-0.15, -0.1) is 10.2 Å². The largest absolute Gasteiger partial charge is 0.419 e. The van der Waals surface area contributed by atoms with Gasteiger partial charge in [0, 0.05) is 13.2 Å². The van der Waals surface area contributed by atoms with E-state index in [1.165, 1.54) is 10.9 Å². The smallest absolute Gasteiger partial charge is 0.254 e. The van der Waals surface area contributed by atoms with Gasteiger partial charge < -0.3 is 15.5 Å². The quantitative estimate of drug-likeness (QED) is 0.737. The maximum atomic E-state index is 11.3. The lowest BCUT2D eigenvalue weighted by Crippen LogP contribution is -2.13. The molecule has 2 aromatic heterocycles. The minimum Gasteiger partial charge on any atom is -0.419 e. The number of nitrogens with one attached hydrogen (secondary N) is 1. The van der Waals surface area contributed by atoms with Gasteiger partial charge in [-0.3, -0.25) is 9.48 Å². The van der Waals surface area contributed by atoms with E-state index in [1.54, 1.807) is 19.2 Å². The highest BCUT2D eigenvalue weighted by Crippen LogP contribution is 2.26. The number of carbonyl (C=O) groups excluding carboxylic acids is 1. The summed E-state index contributed by atoms with van der Waals surface area (Å²) in [6.07, 6.45) is 1.54. The summed E-state index contributed by atoms with van der Waals surface area (Å²) in [5.41, 5.74) is 6.24. The second kappa shape index (κ2) is 6.09. The number of halogens is 1. The molecule has 1 aromatic carbocycles. The van der Waals surface area contributed by atoms with Crippen LogP contribution in [0.4, 0.5) is 5.82 Å². The Morgan fingerprint density at radius 1 is 1.39 bits per heavy atom. The number of amides is 1. The lowest BCUT2D eigenvalue weighted by Gasteiger charge is -2.01. The summed E-state index contributed by atoms with van der Waals surface area (Å²) in [6.45, 7) is 0.203. The van der Waals surface area contributed by atoms with E-state index in [0.29, 0.717) is 33.7 Å². The molecule has 2 heterocycles. The first-order valence-corrected chi connectivity index (χ1v) is 7.07. The molecule has 23 heavy (non-hydrogen) atoms. The molecule has 0 saturated heterocycles. The molecule has 1 amide bonds. The molecular formula is C14H13ClN6O2. The van der Waals surface area contributed by atoms with E-state index in [2.05, 4.69) is 20.6 Å². The summed E-state index contributed by atoms with van der Waals surface area (Å²) >= 11 is 6.09. The summed E-state index contributed by atoms with van der Waals surface area (Å²) in [5.74, 6) is 0.449. The number of anilines is 1. The highest BCUT2D eigenvalue weighted by atomic mass is 35.5. The summed E-state index contributed by atoms with van der Waals surface area (Å²) in [4.78, 5) is 11.3. The number of hydrogen-bond acceptors (Lipinski definition) is 6. The third-order valence-corrected chi connectivity index (χ3v) is 3.40. The second-order valence-corrected chi connectivity index (χ2v) is 5.17. The average Bonchev–Trinajstić information content (AvgIpc) is 3.12. The Bertz CT molecular complexity index is 857. The van der Waals surface area contributed by atoms with Crippen molar-refractivity contribution in [1.29, 1.82) is 0 Å². The molecular weight excluding hydrogens is 320 g/mol. The number of nitrogens with zero attached hydrogens (tertiary/aromatic N) is 4. The molecule has 3 rings (SSSR count). The molecule has 0 spiro atoms. The summed E-state index contributed by atoms with van der Waals surface area (Å²) < 4.78 is 7.05. The van der Waals surface area contributed by atoms with E-state index in [0.717, 1.165) is 0 Å². The average molecular weight is 333 g/mol. The number of rotatable bonds is 5. The predicted molar refractivity (Wildman–Crippen MR) is 83.8 cm³/mol. The van der Waals surface area contributed by atoms with Crippen LogP contribution in [-0.2, 0) is 13.6 Å². The molecule has 8 nitrogen and oxygen atoms in total. The van der Waals surface area contributed by atoms with Crippen LogP contribution in [-0.4, -0.2) is 25.9 Å². The molecule has 0 saturated carbocycles. The first kappa shape index (κ1) is 15.0. The van der Waals surface area contributed by atoms with Crippen molar-refractivity contribution in [2.75, 3.05) is 5.32 Å². The Labute approximate surface area is 136 Å². The Balaban J connectivity index is 1.76. The number of benzene rings is 1. The highest BCUT2D eigenvalue weighted by Gasteiger charge is 2.15. The number of carbonyl (C=O) groups is 1. The molecule has 0 aliphatic rings. The number of aryl methyl sites for hydroxylation is 1. The van der Waals surface area contributed by atoms with Crippen molar-refractivity contribution in [2.24, 2.45) is 12.8 Å². The molecule has 0 bridgehead atoms. The number of nitrogens with two attached hydrogens (primary N) is 1. The van der Waals surface area contributed by atoms with Gasteiger partial charge >= 0.3 is 0 Å². The SMILES string of the molecule is Cn1cc(C(N)=O)c(NCc2nnc(-c3ccccc3Cl)o2)n1.